The average Bonchev–Trinajstić information content (AvgIpc) is 3.65. The van der Waals surface area contributed by atoms with Gasteiger partial charge in [0.1, 0.15) is 11.6 Å². The van der Waals surface area contributed by atoms with Crippen molar-refractivity contribution in [1.82, 2.24) is 19.1 Å². The summed E-state index contributed by atoms with van der Waals surface area (Å²) in [6, 6.07) is 33.7. The first-order valence-electron chi connectivity index (χ1n) is 15.0. The summed E-state index contributed by atoms with van der Waals surface area (Å²) in [6.07, 6.45) is 5.59. The van der Waals surface area contributed by atoms with Crippen molar-refractivity contribution in [3.63, 3.8) is 0 Å². The maximum absolute atomic E-state index is 6.24. The predicted octanol–water partition coefficient (Wildman–Crippen LogP) is 8.01. The Morgan fingerprint density at radius 2 is 0.911 bits per heavy atom. The van der Waals surface area contributed by atoms with E-state index in [4.69, 9.17) is 35.2 Å². The molecule has 1 aliphatic rings. The molecule has 228 valence electrons. The van der Waals surface area contributed by atoms with E-state index in [9.17, 15) is 0 Å². The molecular formula is C38H34N4PtS2. The second-order valence-electron chi connectivity index (χ2n) is 12.7. The first kappa shape index (κ1) is 31.4. The van der Waals surface area contributed by atoms with Crippen LogP contribution in [0.1, 0.15) is 73.0 Å². The second-order valence-corrected chi connectivity index (χ2v) is 13.5. The van der Waals surface area contributed by atoms with Gasteiger partial charge in [-0.25, -0.2) is 9.97 Å². The Kier molecular flexibility index (Phi) is 8.36. The summed E-state index contributed by atoms with van der Waals surface area (Å²) < 4.78 is 4.44. The standard InChI is InChI=1S/C38H36N4S2.Pt/c1-37(2)31-19-11-13-25(33(31)43)21-28-24-42(30-17-9-6-10-18-30)36(40-28)38(3,4)32-20-12-14-26(34(32)44)22-27-23-41(35(37)39-27)29-15-7-5-8-16-29;/h5-20,23-24,43-44H,21-22H2,1-4H3;/q;+2/p-2. The van der Waals surface area contributed by atoms with Crippen LogP contribution in [-0.4, -0.2) is 19.1 Å². The molecule has 0 aliphatic carbocycles. The SMILES string of the molecule is CC1(C)c2cccc(c2[S-])Cc2cn(-c3ccccc3)c(n2)C(C)(C)c2cccc(c2[S-])Cc2cn(-c3ccccc3)c1n2.[Pt+2]. The number of hydrogen-bond acceptors (Lipinski definition) is 4. The largest absolute Gasteiger partial charge is 2.00 e. The van der Waals surface area contributed by atoms with Gasteiger partial charge < -0.3 is 34.4 Å². The number of aromatic nitrogens is 4. The molecule has 0 atom stereocenters. The van der Waals surface area contributed by atoms with Crippen molar-refractivity contribution in [2.24, 2.45) is 0 Å². The van der Waals surface area contributed by atoms with E-state index in [0.717, 1.165) is 66.5 Å². The maximum atomic E-state index is 6.24. The molecule has 0 N–H and O–H groups in total. The first-order chi connectivity index (χ1) is 21.1. The topological polar surface area (TPSA) is 35.6 Å². The van der Waals surface area contributed by atoms with Crippen LogP contribution in [0.5, 0.6) is 0 Å². The quantitative estimate of drug-likeness (QED) is 0.166. The predicted molar refractivity (Wildman–Crippen MR) is 181 cm³/mol. The molecule has 2 aromatic heterocycles. The zero-order chi connectivity index (χ0) is 30.6. The molecule has 0 saturated carbocycles. The Morgan fingerprint density at radius 1 is 0.533 bits per heavy atom. The number of rotatable bonds is 2. The van der Waals surface area contributed by atoms with Gasteiger partial charge in [0.15, 0.2) is 0 Å². The van der Waals surface area contributed by atoms with Crippen LogP contribution in [0, 0.1) is 0 Å². The van der Waals surface area contributed by atoms with Crippen molar-refractivity contribution in [2.75, 3.05) is 0 Å². The molecule has 4 nitrogen and oxygen atoms in total. The Morgan fingerprint density at radius 3 is 1.29 bits per heavy atom. The van der Waals surface area contributed by atoms with Crippen LogP contribution >= 0.6 is 0 Å². The molecule has 7 rings (SSSR count). The molecule has 8 bridgehead atoms. The van der Waals surface area contributed by atoms with Crippen LogP contribution in [0.3, 0.4) is 0 Å². The van der Waals surface area contributed by atoms with E-state index >= 15 is 0 Å². The fraction of sp³-hybridized carbons (Fsp3) is 0.211. The van der Waals surface area contributed by atoms with Gasteiger partial charge >= 0.3 is 21.1 Å². The van der Waals surface area contributed by atoms with Crippen LogP contribution in [-0.2, 0) is 70.0 Å². The van der Waals surface area contributed by atoms with E-state index in [1.54, 1.807) is 0 Å². The zero-order valence-corrected chi connectivity index (χ0v) is 29.6. The monoisotopic (exact) mass is 805 g/mol. The molecule has 0 spiro atoms. The third kappa shape index (κ3) is 5.47. The summed E-state index contributed by atoms with van der Waals surface area (Å²) >= 11 is 12.5. The molecular weight excluding hydrogens is 772 g/mol. The van der Waals surface area contributed by atoms with Crippen molar-refractivity contribution in [3.8, 4) is 11.4 Å². The van der Waals surface area contributed by atoms with Crippen molar-refractivity contribution in [1.29, 1.82) is 0 Å². The molecule has 45 heavy (non-hydrogen) atoms. The molecule has 0 amide bonds. The smallest absolute Gasteiger partial charge is 0.779 e. The fourth-order valence-electron chi connectivity index (χ4n) is 6.54. The molecule has 0 radical (unpaired) electrons. The van der Waals surface area contributed by atoms with Gasteiger partial charge in [0.2, 0.25) is 0 Å². The van der Waals surface area contributed by atoms with E-state index < -0.39 is 10.8 Å². The summed E-state index contributed by atoms with van der Waals surface area (Å²) in [6.45, 7) is 8.89. The first-order valence-corrected chi connectivity index (χ1v) is 15.8. The minimum Gasteiger partial charge on any atom is -0.779 e. The summed E-state index contributed by atoms with van der Waals surface area (Å²) in [5.74, 6) is 1.90. The molecule has 4 aromatic carbocycles. The van der Waals surface area contributed by atoms with Gasteiger partial charge in [-0.15, -0.1) is 0 Å². The van der Waals surface area contributed by atoms with Crippen molar-refractivity contribution >= 4 is 25.3 Å². The Bertz CT molecular complexity index is 1850. The minimum atomic E-state index is -0.465. The summed E-state index contributed by atoms with van der Waals surface area (Å²) in [5, 5.41) is 0. The second kappa shape index (κ2) is 12.0. The zero-order valence-electron chi connectivity index (χ0n) is 25.7. The molecule has 0 fully saturated rings. The average molecular weight is 806 g/mol. The normalized spacial score (nSPS) is 14.8. The Labute approximate surface area is 291 Å². The number of benzene rings is 4. The number of imidazole rings is 2. The van der Waals surface area contributed by atoms with E-state index in [2.05, 4.69) is 134 Å². The van der Waals surface area contributed by atoms with Gasteiger partial charge in [0.25, 0.3) is 0 Å². The van der Waals surface area contributed by atoms with Crippen LogP contribution < -0.4 is 0 Å². The van der Waals surface area contributed by atoms with Crippen LogP contribution in [0.15, 0.2) is 119 Å². The molecule has 0 unspecified atom stereocenters. The van der Waals surface area contributed by atoms with Gasteiger partial charge in [-0.05, 0) is 52.0 Å². The number of hydrogen-bond donors (Lipinski definition) is 0. The molecule has 1 aliphatic heterocycles. The summed E-state index contributed by atoms with van der Waals surface area (Å²) in [4.78, 5) is 12.4. The van der Waals surface area contributed by atoms with Gasteiger partial charge in [0.05, 0.1) is 11.4 Å². The van der Waals surface area contributed by atoms with Crippen LogP contribution in [0.4, 0.5) is 0 Å². The van der Waals surface area contributed by atoms with E-state index in [1.807, 2.05) is 12.1 Å². The van der Waals surface area contributed by atoms with Crippen molar-refractivity contribution in [2.45, 2.75) is 61.2 Å². The van der Waals surface area contributed by atoms with E-state index in [0.29, 0.717) is 12.8 Å². The van der Waals surface area contributed by atoms with Gasteiger partial charge in [-0.1, -0.05) is 95.1 Å². The van der Waals surface area contributed by atoms with Gasteiger partial charge in [0, 0.05) is 47.4 Å². The molecule has 7 heteroatoms. The number of nitrogens with zero attached hydrogens (tertiary/aromatic N) is 4. The Balaban J connectivity index is 0.00000357. The number of para-hydroxylation sites is 2. The summed E-state index contributed by atoms with van der Waals surface area (Å²) in [5.41, 5.74) is 7.50. The number of fused-ring (bicyclic) bond motifs is 8. The van der Waals surface area contributed by atoms with Crippen molar-refractivity contribution < 1.29 is 21.1 Å². The molecule has 3 heterocycles. The minimum absolute atomic E-state index is 0. The molecule has 6 aromatic rings. The maximum Gasteiger partial charge on any atom is 2.00 e. The van der Waals surface area contributed by atoms with Crippen LogP contribution in [0.25, 0.3) is 11.4 Å². The third-order valence-corrected chi connectivity index (χ3v) is 9.95. The van der Waals surface area contributed by atoms with Crippen molar-refractivity contribution in [3.05, 3.63) is 155 Å². The van der Waals surface area contributed by atoms with E-state index in [1.165, 1.54) is 0 Å². The summed E-state index contributed by atoms with van der Waals surface area (Å²) in [7, 11) is 0. The third-order valence-electron chi connectivity index (χ3n) is 8.98. The molecule has 0 saturated heterocycles. The Hall–Kier alpha value is -3.57. The van der Waals surface area contributed by atoms with Gasteiger partial charge in [-0.3, -0.25) is 0 Å². The fourth-order valence-corrected chi connectivity index (χ4v) is 7.47. The van der Waals surface area contributed by atoms with E-state index in [-0.39, 0.29) is 21.1 Å². The van der Waals surface area contributed by atoms with Gasteiger partial charge in [-0.2, -0.15) is 9.79 Å². The van der Waals surface area contributed by atoms with Crippen LogP contribution in [0.2, 0.25) is 0 Å².